The Morgan fingerprint density at radius 2 is 1.92 bits per heavy atom. The van der Waals surface area contributed by atoms with E-state index in [-0.39, 0.29) is 17.1 Å². The molecular formula is C21H21FN2OS. The number of rotatable bonds is 3. The van der Waals surface area contributed by atoms with Crippen LogP contribution in [0.2, 0.25) is 0 Å². The van der Waals surface area contributed by atoms with Gasteiger partial charge in [0.25, 0.3) is 5.91 Å². The monoisotopic (exact) mass is 368 g/mol. The Morgan fingerprint density at radius 1 is 1.23 bits per heavy atom. The van der Waals surface area contributed by atoms with Crippen LogP contribution in [0.1, 0.15) is 36.7 Å². The van der Waals surface area contributed by atoms with Gasteiger partial charge in [0.2, 0.25) is 0 Å². The van der Waals surface area contributed by atoms with E-state index in [1.54, 1.807) is 28.8 Å². The maximum absolute atomic E-state index is 14.2. The number of benzene rings is 2. The van der Waals surface area contributed by atoms with Gasteiger partial charge in [-0.25, -0.2) is 4.39 Å². The summed E-state index contributed by atoms with van der Waals surface area (Å²) in [5.74, 6) is -0.667. The Morgan fingerprint density at radius 3 is 2.54 bits per heavy atom. The highest BCUT2D eigenvalue weighted by Crippen LogP contribution is 2.23. The summed E-state index contributed by atoms with van der Waals surface area (Å²) in [6, 6.07) is 12.4. The average molecular weight is 368 g/mol. The van der Waals surface area contributed by atoms with Crippen molar-refractivity contribution in [1.29, 1.82) is 0 Å². The molecule has 0 fully saturated rings. The molecule has 2 aromatic carbocycles. The lowest BCUT2D eigenvalue weighted by Gasteiger charge is -2.18. The molecule has 3 rings (SSSR count). The predicted octanol–water partition coefficient (Wildman–Crippen LogP) is 5.07. The lowest BCUT2D eigenvalue weighted by Crippen LogP contribution is -2.17. The number of halogens is 1. The van der Waals surface area contributed by atoms with Gasteiger partial charge in [-0.2, -0.15) is 4.99 Å². The van der Waals surface area contributed by atoms with Gasteiger partial charge >= 0.3 is 0 Å². The van der Waals surface area contributed by atoms with Crippen molar-refractivity contribution in [3.63, 3.8) is 0 Å². The lowest BCUT2D eigenvalue weighted by atomic mass is 9.87. The first-order chi connectivity index (χ1) is 12.3. The smallest absolute Gasteiger partial charge is 0.279 e. The Kier molecular flexibility index (Phi) is 4.92. The van der Waals surface area contributed by atoms with Gasteiger partial charge in [0.05, 0.1) is 10.2 Å². The molecule has 5 heteroatoms. The molecule has 0 aliphatic rings. The molecule has 0 N–H and O–H groups in total. The Labute approximate surface area is 156 Å². The standard InChI is InChI=1S/C21H21FN2OS/c1-5-13-24-18-16(22)7-6-8-17(18)26-20(24)23-19(25)14-9-11-15(12-10-14)21(2,3)4/h5-12H,1,13H2,2-4H3. The molecule has 0 spiro atoms. The number of carbonyl (C=O) groups excluding carboxylic acids is 1. The molecule has 0 unspecified atom stereocenters. The van der Waals surface area contributed by atoms with Crippen LogP contribution in [0.25, 0.3) is 10.2 Å². The molecule has 1 aromatic heterocycles. The molecule has 3 aromatic rings. The normalized spacial score (nSPS) is 12.5. The summed E-state index contributed by atoms with van der Waals surface area (Å²) in [7, 11) is 0. The van der Waals surface area contributed by atoms with Crippen LogP contribution in [0.4, 0.5) is 4.39 Å². The Balaban J connectivity index is 2.07. The van der Waals surface area contributed by atoms with E-state index >= 15 is 0 Å². The third-order valence-electron chi connectivity index (χ3n) is 4.16. The molecule has 0 aliphatic heterocycles. The van der Waals surface area contributed by atoms with Crippen molar-refractivity contribution in [3.8, 4) is 0 Å². The maximum atomic E-state index is 14.2. The van der Waals surface area contributed by atoms with Crippen LogP contribution in [0, 0.1) is 5.82 Å². The van der Waals surface area contributed by atoms with Crippen LogP contribution in [0.15, 0.2) is 60.1 Å². The van der Waals surface area contributed by atoms with E-state index < -0.39 is 0 Å². The SMILES string of the molecule is C=CCn1c(=NC(=O)c2ccc(C(C)(C)C)cc2)sc2cccc(F)c21. The minimum atomic E-state index is -0.338. The number of fused-ring (bicyclic) bond motifs is 1. The number of carbonyl (C=O) groups is 1. The zero-order valence-electron chi connectivity index (χ0n) is 15.1. The highest BCUT2D eigenvalue weighted by atomic mass is 32.1. The highest BCUT2D eigenvalue weighted by Gasteiger charge is 2.15. The van der Waals surface area contributed by atoms with E-state index in [0.29, 0.717) is 22.4 Å². The summed E-state index contributed by atoms with van der Waals surface area (Å²) >= 11 is 1.30. The number of allylic oxidation sites excluding steroid dienone is 1. The zero-order valence-corrected chi connectivity index (χ0v) is 15.9. The summed E-state index contributed by atoms with van der Waals surface area (Å²) in [6.07, 6.45) is 1.67. The lowest BCUT2D eigenvalue weighted by molar-refractivity contribution is 0.0998. The third-order valence-corrected chi connectivity index (χ3v) is 5.20. The minimum Gasteiger partial charge on any atom is -0.310 e. The van der Waals surface area contributed by atoms with Gasteiger partial charge in [-0.3, -0.25) is 4.79 Å². The van der Waals surface area contributed by atoms with Crippen LogP contribution in [-0.4, -0.2) is 10.5 Å². The van der Waals surface area contributed by atoms with Crippen molar-refractivity contribution < 1.29 is 9.18 Å². The molecule has 1 amide bonds. The summed E-state index contributed by atoms with van der Waals surface area (Å²) < 4.78 is 16.7. The summed E-state index contributed by atoms with van der Waals surface area (Å²) in [5, 5.41) is 0. The maximum Gasteiger partial charge on any atom is 0.279 e. The fourth-order valence-corrected chi connectivity index (χ4v) is 3.79. The molecule has 0 aliphatic carbocycles. The Hall–Kier alpha value is -2.53. The van der Waals surface area contributed by atoms with Crippen molar-refractivity contribution in [3.05, 3.63) is 76.9 Å². The van der Waals surface area contributed by atoms with E-state index in [1.807, 2.05) is 18.2 Å². The second-order valence-electron chi connectivity index (χ2n) is 7.11. The van der Waals surface area contributed by atoms with Crippen LogP contribution in [-0.2, 0) is 12.0 Å². The van der Waals surface area contributed by atoms with Gasteiger partial charge in [0, 0.05) is 12.1 Å². The van der Waals surface area contributed by atoms with E-state index in [9.17, 15) is 9.18 Å². The number of aromatic nitrogens is 1. The van der Waals surface area contributed by atoms with Crippen molar-refractivity contribution in [2.24, 2.45) is 4.99 Å². The van der Waals surface area contributed by atoms with Crippen LogP contribution in [0.3, 0.4) is 0 Å². The molecule has 0 saturated heterocycles. The fourth-order valence-electron chi connectivity index (χ4n) is 2.73. The first-order valence-electron chi connectivity index (χ1n) is 8.39. The molecule has 26 heavy (non-hydrogen) atoms. The van der Waals surface area contributed by atoms with Crippen LogP contribution >= 0.6 is 11.3 Å². The number of nitrogens with zero attached hydrogens (tertiary/aromatic N) is 2. The third kappa shape index (κ3) is 3.53. The first kappa shape index (κ1) is 18.3. The van der Waals surface area contributed by atoms with Crippen molar-refractivity contribution in [2.75, 3.05) is 0 Å². The number of para-hydroxylation sites is 1. The van der Waals surface area contributed by atoms with Crippen molar-refractivity contribution in [1.82, 2.24) is 4.57 Å². The van der Waals surface area contributed by atoms with E-state index in [4.69, 9.17) is 0 Å². The summed E-state index contributed by atoms with van der Waals surface area (Å²) in [5.41, 5.74) is 2.14. The molecule has 134 valence electrons. The quantitative estimate of drug-likeness (QED) is 0.595. The average Bonchev–Trinajstić information content (AvgIpc) is 2.93. The summed E-state index contributed by atoms with van der Waals surface area (Å²) in [4.78, 5) is 17.3. The Bertz CT molecular complexity index is 1040. The molecule has 3 nitrogen and oxygen atoms in total. The van der Waals surface area contributed by atoms with Gasteiger partial charge in [-0.15, -0.1) is 6.58 Å². The molecule has 0 atom stereocenters. The number of hydrogen-bond donors (Lipinski definition) is 0. The van der Waals surface area contributed by atoms with Gasteiger partial charge in [0.15, 0.2) is 4.80 Å². The van der Waals surface area contributed by atoms with Crippen molar-refractivity contribution in [2.45, 2.75) is 32.7 Å². The molecule has 0 saturated carbocycles. The number of hydrogen-bond acceptors (Lipinski definition) is 2. The fraction of sp³-hybridized carbons (Fsp3) is 0.238. The minimum absolute atomic E-state index is 0.0225. The first-order valence-corrected chi connectivity index (χ1v) is 9.21. The van der Waals surface area contributed by atoms with Gasteiger partial charge in [0.1, 0.15) is 5.82 Å². The summed E-state index contributed by atoms with van der Waals surface area (Å²) in [6.45, 7) is 10.5. The molecular weight excluding hydrogens is 347 g/mol. The van der Waals surface area contributed by atoms with E-state index in [1.165, 1.54) is 17.4 Å². The second kappa shape index (κ2) is 7.00. The van der Waals surface area contributed by atoms with E-state index in [2.05, 4.69) is 32.3 Å². The largest absolute Gasteiger partial charge is 0.310 e. The van der Waals surface area contributed by atoms with Gasteiger partial charge in [-0.1, -0.05) is 56.4 Å². The highest BCUT2D eigenvalue weighted by molar-refractivity contribution is 7.16. The molecule has 0 bridgehead atoms. The van der Waals surface area contributed by atoms with Crippen LogP contribution < -0.4 is 4.80 Å². The van der Waals surface area contributed by atoms with Gasteiger partial charge in [-0.05, 0) is 35.2 Å². The predicted molar refractivity (Wildman–Crippen MR) is 105 cm³/mol. The van der Waals surface area contributed by atoms with E-state index in [0.717, 1.165) is 10.3 Å². The topological polar surface area (TPSA) is 34.4 Å². The number of thiazole rings is 1. The second-order valence-corrected chi connectivity index (χ2v) is 8.12. The zero-order chi connectivity index (χ0) is 18.9. The van der Waals surface area contributed by atoms with Crippen LogP contribution in [0.5, 0.6) is 0 Å². The number of amides is 1. The molecule has 0 radical (unpaired) electrons. The molecule has 1 heterocycles. The van der Waals surface area contributed by atoms with Crippen molar-refractivity contribution >= 4 is 27.5 Å². The van der Waals surface area contributed by atoms with Gasteiger partial charge < -0.3 is 4.57 Å².